The number of likely N-dealkylation sites (tertiary alicyclic amines) is 1. The average Bonchev–Trinajstić information content (AvgIpc) is 2.57. The second-order valence-corrected chi connectivity index (χ2v) is 6.34. The van der Waals surface area contributed by atoms with Crippen LogP contribution < -0.4 is 0 Å². The van der Waals surface area contributed by atoms with E-state index in [1.807, 2.05) is 0 Å². The van der Waals surface area contributed by atoms with Crippen molar-refractivity contribution in [2.75, 3.05) is 6.54 Å². The topological polar surface area (TPSA) is 104 Å². The third-order valence-electron chi connectivity index (χ3n) is 2.71. The molecule has 1 aliphatic rings. The Bertz CT molecular complexity index is 399. The number of halogens is 3. The van der Waals surface area contributed by atoms with Gasteiger partial charge in [-0.2, -0.15) is 0 Å². The molecule has 0 bridgehead atoms. The Morgan fingerprint density at radius 2 is 1.84 bits per heavy atom. The number of hydrogen-bond acceptors (Lipinski definition) is 4. The zero-order valence-electron chi connectivity index (χ0n) is 9.60. The highest BCUT2D eigenvalue weighted by atomic mass is 35.6. The van der Waals surface area contributed by atoms with Crippen LogP contribution in [0.4, 0.5) is 4.79 Å². The van der Waals surface area contributed by atoms with Gasteiger partial charge in [-0.3, -0.25) is 9.69 Å². The van der Waals surface area contributed by atoms with Crippen molar-refractivity contribution in [3.8, 4) is 0 Å². The molecule has 1 heterocycles. The number of carboxylic acid groups (broad SMARTS) is 2. The predicted molar refractivity (Wildman–Crippen MR) is 65.6 cm³/mol. The summed E-state index contributed by atoms with van der Waals surface area (Å²) in [5.74, 6) is -2.21. The van der Waals surface area contributed by atoms with E-state index in [0.717, 1.165) is 6.92 Å². The standard InChI is InChI=1S/C9H10Cl3NO6/c1-4(14)19-8(9(10,11)12)2-5(6(15)16)13(3-8)7(17)18/h5H,2-3H2,1H3,(H,15,16)(H,17,18)/t5-,8-/m0/s1. The third kappa shape index (κ3) is 3.16. The Hall–Kier alpha value is -0.920. The molecular formula is C9H10Cl3NO6. The van der Waals surface area contributed by atoms with Gasteiger partial charge in [-0.15, -0.1) is 0 Å². The first-order valence-corrected chi connectivity index (χ1v) is 6.12. The lowest BCUT2D eigenvalue weighted by Crippen LogP contribution is -2.49. The fourth-order valence-electron chi connectivity index (χ4n) is 1.91. The van der Waals surface area contributed by atoms with E-state index >= 15 is 0 Å². The van der Waals surface area contributed by atoms with E-state index in [4.69, 9.17) is 49.8 Å². The van der Waals surface area contributed by atoms with E-state index in [1.165, 1.54) is 0 Å². The molecular weight excluding hydrogens is 324 g/mol. The van der Waals surface area contributed by atoms with Gasteiger partial charge in [0.25, 0.3) is 0 Å². The Morgan fingerprint density at radius 1 is 1.32 bits per heavy atom. The molecule has 0 aromatic rings. The molecule has 0 spiro atoms. The van der Waals surface area contributed by atoms with Crippen LogP contribution in [0.2, 0.25) is 0 Å². The van der Waals surface area contributed by atoms with Gasteiger partial charge in [0.1, 0.15) is 6.04 Å². The third-order valence-corrected chi connectivity index (χ3v) is 3.74. The number of carbonyl (C=O) groups excluding carboxylic acids is 1. The zero-order valence-corrected chi connectivity index (χ0v) is 11.9. The van der Waals surface area contributed by atoms with Gasteiger partial charge < -0.3 is 14.9 Å². The molecule has 108 valence electrons. The van der Waals surface area contributed by atoms with Crippen molar-refractivity contribution in [2.24, 2.45) is 0 Å². The van der Waals surface area contributed by atoms with Crippen LogP contribution in [-0.4, -0.2) is 55.1 Å². The van der Waals surface area contributed by atoms with Crippen molar-refractivity contribution in [3.63, 3.8) is 0 Å². The number of alkyl halides is 3. The highest BCUT2D eigenvalue weighted by Crippen LogP contribution is 2.48. The van der Waals surface area contributed by atoms with E-state index in [2.05, 4.69) is 0 Å². The molecule has 0 saturated carbocycles. The Kier molecular flexibility index (Phi) is 4.44. The molecule has 1 fully saturated rings. The number of carbonyl (C=O) groups is 3. The summed E-state index contributed by atoms with van der Waals surface area (Å²) in [7, 11) is 0. The second kappa shape index (κ2) is 5.22. The van der Waals surface area contributed by atoms with Crippen molar-refractivity contribution < 1.29 is 29.3 Å². The van der Waals surface area contributed by atoms with Crippen LogP contribution in [0.3, 0.4) is 0 Å². The van der Waals surface area contributed by atoms with E-state index in [9.17, 15) is 14.4 Å². The maximum atomic E-state index is 11.1. The van der Waals surface area contributed by atoms with E-state index in [-0.39, 0.29) is 0 Å². The summed E-state index contributed by atoms with van der Waals surface area (Å²) in [5.41, 5.74) is -1.83. The molecule has 19 heavy (non-hydrogen) atoms. The fraction of sp³-hybridized carbons (Fsp3) is 0.667. The average molecular weight is 335 g/mol. The Labute approximate surface area is 123 Å². The highest BCUT2D eigenvalue weighted by Gasteiger charge is 2.61. The molecule has 10 heteroatoms. The maximum absolute atomic E-state index is 11.1. The number of rotatable bonds is 2. The number of hydrogen-bond donors (Lipinski definition) is 2. The molecule has 1 amide bonds. The fourth-order valence-corrected chi connectivity index (χ4v) is 2.43. The molecule has 0 aromatic heterocycles. The molecule has 0 radical (unpaired) electrons. The first-order valence-electron chi connectivity index (χ1n) is 4.99. The normalized spacial score (nSPS) is 27.2. The minimum atomic E-state index is -2.16. The smallest absolute Gasteiger partial charge is 0.408 e. The van der Waals surface area contributed by atoms with Crippen LogP contribution in [-0.2, 0) is 14.3 Å². The molecule has 1 rings (SSSR count). The summed E-state index contributed by atoms with van der Waals surface area (Å²) in [4.78, 5) is 33.7. The van der Waals surface area contributed by atoms with Crippen LogP contribution >= 0.6 is 34.8 Å². The number of amides is 1. The maximum Gasteiger partial charge on any atom is 0.408 e. The van der Waals surface area contributed by atoms with Crippen molar-refractivity contribution >= 4 is 52.8 Å². The molecule has 0 unspecified atom stereocenters. The van der Waals surface area contributed by atoms with E-state index in [0.29, 0.717) is 4.90 Å². The lowest BCUT2D eigenvalue weighted by Gasteiger charge is -2.34. The van der Waals surface area contributed by atoms with Crippen molar-refractivity contribution in [2.45, 2.75) is 28.8 Å². The Balaban J connectivity index is 3.19. The second-order valence-electron chi connectivity index (χ2n) is 4.05. The summed E-state index contributed by atoms with van der Waals surface area (Å²) < 4.78 is 2.76. The first kappa shape index (κ1) is 16.1. The molecule has 0 aliphatic carbocycles. The molecule has 1 saturated heterocycles. The van der Waals surface area contributed by atoms with E-state index < -0.39 is 46.4 Å². The summed E-state index contributed by atoms with van der Waals surface area (Å²) in [6.07, 6.45) is -1.94. The molecule has 1 aliphatic heterocycles. The Morgan fingerprint density at radius 3 is 2.11 bits per heavy atom. The van der Waals surface area contributed by atoms with Gasteiger partial charge in [-0.25, -0.2) is 9.59 Å². The quantitative estimate of drug-likeness (QED) is 0.586. The lowest BCUT2D eigenvalue weighted by atomic mass is 10.0. The predicted octanol–water partition coefficient (Wildman–Crippen LogP) is 1.50. The van der Waals surface area contributed by atoms with Gasteiger partial charge in [0, 0.05) is 13.3 Å². The molecule has 7 nitrogen and oxygen atoms in total. The summed E-state index contributed by atoms with van der Waals surface area (Å²) in [6, 6.07) is -1.45. The van der Waals surface area contributed by atoms with Crippen molar-refractivity contribution in [1.82, 2.24) is 4.90 Å². The first-order chi connectivity index (χ1) is 8.50. The van der Waals surface area contributed by atoms with Crippen LogP contribution in [0, 0.1) is 0 Å². The van der Waals surface area contributed by atoms with Gasteiger partial charge >= 0.3 is 18.0 Å². The number of ether oxygens (including phenoxy) is 1. The monoisotopic (exact) mass is 333 g/mol. The molecule has 2 N–H and O–H groups in total. The highest BCUT2D eigenvalue weighted by molar-refractivity contribution is 6.68. The van der Waals surface area contributed by atoms with Gasteiger partial charge in [0.2, 0.25) is 3.79 Å². The number of nitrogens with zero attached hydrogens (tertiary/aromatic N) is 1. The van der Waals surface area contributed by atoms with Crippen LogP contribution in [0.5, 0.6) is 0 Å². The van der Waals surface area contributed by atoms with Gasteiger partial charge in [-0.05, 0) is 0 Å². The SMILES string of the molecule is CC(=O)O[C@@]1(C(Cl)(Cl)Cl)C[C@@H](C(=O)O)N(C(=O)O)C1. The summed E-state index contributed by atoms with van der Waals surface area (Å²) in [5, 5.41) is 17.9. The molecule has 2 atom stereocenters. The van der Waals surface area contributed by atoms with Crippen LogP contribution in [0.1, 0.15) is 13.3 Å². The lowest BCUT2D eigenvalue weighted by molar-refractivity contribution is -0.156. The largest absolute Gasteiger partial charge is 0.480 e. The number of esters is 1. The van der Waals surface area contributed by atoms with Gasteiger partial charge in [0.15, 0.2) is 5.60 Å². The number of carboxylic acids is 1. The van der Waals surface area contributed by atoms with Crippen molar-refractivity contribution in [1.29, 1.82) is 0 Å². The summed E-state index contributed by atoms with van der Waals surface area (Å²) >= 11 is 17.2. The number of aliphatic carboxylic acids is 1. The van der Waals surface area contributed by atoms with Crippen molar-refractivity contribution in [3.05, 3.63) is 0 Å². The zero-order chi connectivity index (χ0) is 15.0. The minimum absolute atomic E-state index is 0.440. The molecule has 0 aromatic carbocycles. The van der Waals surface area contributed by atoms with E-state index in [1.54, 1.807) is 0 Å². The van der Waals surface area contributed by atoms with Gasteiger partial charge in [-0.1, -0.05) is 34.8 Å². The van der Waals surface area contributed by atoms with Crippen LogP contribution in [0.15, 0.2) is 0 Å². The summed E-state index contributed by atoms with van der Waals surface area (Å²) in [6.45, 7) is 0.521. The minimum Gasteiger partial charge on any atom is -0.480 e. The van der Waals surface area contributed by atoms with Gasteiger partial charge in [0.05, 0.1) is 6.54 Å². The van der Waals surface area contributed by atoms with Crippen LogP contribution in [0.25, 0.3) is 0 Å².